The standard InChI is InChI=1S/C46H53ClN6O8S/c1-8-28-24-46(28,43(57)52-62(58,59)33-19-20-33)51-40(55)36-23-32(61-41-35-22-30(47)16-21-34(35)37(60-7)25-48-41)26-53(36)42(56)38(44(2,3)4)49-31-17-14-27(15-18-31)39(54)50-45(5,6)29-12-10-9-11-13-29/h8-18,21-22,25,28,32-33,36,38,49H,1,19-20,23-24,26H2,2-7H3,(H,50,54)(H,51,55)(H,52,57)/t28-,32-,36+,38?,46-/m1/s1. The molecule has 14 nitrogen and oxygen atoms in total. The number of halogens is 1. The number of sulfonamides is 1. The Morgan fingerprint density at radius 2 is 1.68 bits per heavy atom. The molecule has 1 saturated heterocycles. The van der Waals surface area contributed by atoms with E-state index in [1.807, 2.05) is 65.0 Å². The smallest absolute Gasteiger partial charge is 0.259 e. The normalized spacial score (nSPS) is 21.7. The summed E-state index contributed by atoms with van der Waals surface area (Å²) in [7, 11) is -2.39. The van der Waals surface area contributed by atoms with E-state index in [4.69, 9.17) is 21.1 Å². The third-order valence-corrected chi connectivity index (χ3v) is 13.9. The minimum absolute atomic E-state index is 0.0180. The van der Waals surface area contributed by atoms with E-state index in [9.17, 15) is 27.6 Å². The molecule has 0 spiro atoms. The lowest BCUT2D eigenvalue weighted by Gasteiger charge is -2.36. The predicted octanol–water partition coefficient (Wildman–Crippen LogP) is 6.11. The van der Waals surface area contributed by atoms with Gasteiger partial charge >= 0.3 is 0 Å². The number of ether oxygens (including phenoxy) is 2. The number of rotatable bonds is 15. The van der Waals surface area contributed by atoms with Crippen LogP contribution in [0.3, 0.4) is 0 Å². The highest BCUT2D eigenvalue weighted by Gasteiger charge is 2.62. The third-order valence-electron chi connectivity index (χ3n) is 11.9. The van der Waals surface area contributed by atoms with Gasteiger partial charge in [-0.1, -0.05) is 68.8 Å². The molecular weight excluding hydrogens is 832 g/mol. The van der Waals surface area contributed by atoms with E-state index < -0.39 is 73.6 Å². The lowest BCUT2D eigenvalue weighted by Crippen LogP contribution is -2.58. The maximum Gasteiger partial charge on any atom is 0.259 e. The number of anilines is 1. The molecule has 328 valence electrons. The number of carbonyl (C=O) groups is 4. The summed E-state index contributed by atoms with van der Waals surface area (Å²) >= 11 is 6.39. The summed E-state index contributed by atoms with van der Waals surface area (Å²) in [4.78, 5) is 62.4. The Bertz CT molecular complexity index is 2510. The van der Waals surface area contributed by atoms with E-state index >= 15 is 0 Å². The van der Waals surface area contributed by atoms with Gasteiger partial charge in [0.2, 0.25) is 27.7 Å². The number of fused-ring (bicyclic) bond motifs is 1. The number of aromatic nitrogens is 1. The molecule has 3 fully saturated rings. The van der Waals surface area contributed by atoms with Crippen LogP contribution in [0.4, 0.5) is 5.69 Å². The van der Waals surface area contributed by atoms with Gasteiger partial charge in [0.25, 0.3) is 11.8 Å². The van der Waals surface area contributed by atoms with Crippen molar-refractivity contribution in [3.05, 3.63) is 108 Å². The zero-order chi connectivity index (χ0) is 44.8. The van der Waals surface area contributed by atoms with Gasteiger partial charge in [-0.05, 0) is 86.6 Å². The van der Waals surface area contributed by atoms with Crippen molar-refractivity contribution in [2.45, 2.75) is 94.8 Å². The van der Waals surface area contributed by atoms with Gasteiger partial charge in [-0.3, -0.25) is 23.9 Å². The van der Waals surface area contributed by atoms with Gasteiger partial charge in [-0.15, -0.1) is 6.58 Å². The molecule has 1 aromatic heterocycles. The van der Waals surface area contributed by atoms with Gasteiger partial charge in [-0.2, -0.15) is 0 Å². The predicted molar refractivity (Wildman–Crippen MR) is 237 cm³/mol. The summed E-state index contributed by atoms with van der Waals surface area (Å²) in [6, 6.07) is 19.6. The lowest BCUT2D eigenvalue weighted by atomic mass is 9.85. The molecule has 0 radical (unpaired) electrons. The number of nitrogens with zero attached hydrogens (tertiary/aromatic N) is 2. The SMILES string of the molecule is C=C[C@@H]1C[C@]1(NC(=O)[C@@H]1C[C@@H](Oc2ncc(OC)c3ccc(Cl)cc23)CN1C(=O)C(Nc1ccc(C(=O)NC(C)(C)c2ccccc2)cc1)C(C)(C)C)C(=O)NS(=O)(=O)C1CC1. The van der Waals surface area contributed by atoms with Crippen molar-refractivity contribution in [3.8, 4) is 11.6 Å². The van der Waals surface area contributed by atoms with Crippen LogP contribution in [0.15, 0.2) is 91.6 Å². The molecule has 4 amide bonds. The first-order valence-corrected chi connectivity index (χ1v) is 22.5. The van der Waals surface area contributed by atoms with Crippen molar-refractivity contribution < 1.29 is 37.1 Å². The first-order chi connectivity index (χ1) is 29.3. The van der Waals surface area contributed by atoms with E-state index in [2.05, 4.69) is 32.2 Å². The van der Waals surface area contributed by atoms with Gasteiger partial charge in [0.05, 0.1) is 30.6 Å². The number of likely N-dealkylation sites (tertiary alicyclic amines) is 1. The first-order valence-electron chi connectivity index (χ1n) is 20.6. The van der Waals surface area contributed by atoms with Crippen LogP contribution in [0.1, 0.15) is 76.2 Å². The van der Waals surface area contributed by atoms with Crippen LogP contribution in [0.5, 0.6) is 11.6 Å². The molecular formula is C46H53ClN6O8S. The van der Waals surface area contributed by atoms with E-state index in [1.54, 1.807) is 42.5 Å². The van der Waals surface area contributed by atoms with Gasteiger partial charge in [0.15, 0.2) is 0 Å². The Balaban J connectivity index is 1.15. The number of benzene rings is 3. The zero-order valence-corrected chi connectivity index (χ0v) is 37.2. The number of amides is 4. The molecule has 16 heteroatoms. The Kier molecular flexibility index (Phi) is 12.1. The third kappa shape index (κ3) is 9.24. The van der Waals surface area contributed by atoms with Gasteiger partial charge < -0.3 is 30.3 Å². The van der Waals surface area contributed by atoms with Gasteiger partial charge in [0.1, 0.15) is 29.5 Å². The second kappa shape index (κ2) is 16.9. The molecule has 1 unspecified atom stereocenters. The first kappa shape index (κ1) is 44.4. The Labute approximate surface area is 367 Å². The van der Waals surface area contributed by atoms with Crippen molar-refractivity contribution in [2.24, 2.45) is 11.3 Å². The molecule has 2 saturated carbocycles. The van der Waals surface area contributed by atoms with E-state index in [0.717, 1.165) is 5.56 Å². The number of pyridine rings is 1. The fourth-order valence-electron chi connectivity index (χ4n) is 7.96. The Morgan fingerprint density at radius 3 is 2.29 bits per heavy atom. The van der Waals surface area contributed by atoms with Crippen molar-refractivity contribution in [3.63, 3.8) is 0 Å². The molecule has 3 aliphatic rings. The molecule has 0 bridgehead atoms. The van der Waals surface area contributed by atoms with Gasteiger partial charge in [-0.25, -0.2) is 13.4 Å². The summed E-state index contributed by atoms with van der Waals surface area (Å²) in [5, 5.41) is 10.3. The highest BCUT2D eigenvalue weighted by Crippen LogP contribution is 2.46. The lowest BCUT2D eigenvalue weighted by molar-refractivity contribution is -0.141. The number of hydrogen-bond acceptors (Lipinski definition) is 10. The second-order valence-electron chi connectivity index (χ2n) is 18.0. The monoisotopic (exact) mass is 884 g/mol. The minimum atomic E-state index is -3.92. The summed E-state index contributed by atoms with van der Waals surface area (Å²) in [6.07, 6.45) is 3.35. The van der Waals surface area contributed by atoms with Crippen molar-refractivity contribution in [1.82, 2.24) is 25.2 Å². The van der Waals surface area contributed by atoms with Crippen LogP contribution in [-0.4, -0.2) is 84.6 Å². The topological polar surface area (TPSA) is 185 Å². The fourth-order valence-corrected chi connectivity index (χ4v) is 9.49. The molecule has 7 rings (SSSR count). The quantitative estimate of drug-likeness (QED) is 0.102. The molecule has 2 aliphatic carbocycles. The fraction of sp³-hybridized carbons (Fsp3) is 0.413. The van der Waals surface area contributed by atoms with Crippen LogP contribution in [0.25, 0.3) is 10.8 Å². The average molecular weight is 885 g/mol. The number of hydrogen-bond donors (Lipinski definition) is 4. The van der Waals surface area contributed by atoms with Crippen molar-refractivity contribution >= 4 is 61.7 Å². The molecule has 3 aromatic carbocycles. The summed E-state index contributed by atoms with van der Waals surface area (Å²) in [5.41, 5.74) is -0.959. The Hall–Kier alpha value is -5.67. The number of methoxy groups -OCH3 is 1. The second-order valence-corrected chi connectivity index (χ2v) is 20.3. The van der Waals surface area contributed by atoms with E-state index in [0.29, 0.717) is 45.6 Å². The summed E-state index contributed by atoms with van der Waals surface area (Å²) in [6.45, 7) is 13.3. The molecule has 1 aliphatic heterocycles. The molecule has 62 heavy (non-hydrogen) atoms. The Morgan fingerprint density at radius 1 is 0.984 bits per heavy atom. The number of nitrogens with one attached hydrogen (secondary N) is 4. The summed E-state index contributed by atoms with van der Waals surface area (Å²) < 4.78 is 39.8. The van der Waals surface area contributed by atoms with E-state index in [1.165, 1.54) is 24.3 Å². The number of carbonyl (C=O) groups excluding carboxylic acids is 4. The van der Waals surface area contributed by atoms with E-state index in [-0.39, 0.29) is 31.2 Å². The van der Waals surface area contributed by atoms with Crippen molar-refractivity contribution in [2.75, 3.05) is 19.0 Å². The summed E-state index contributed by atoms with van der Waals surface area (Å²) in [5.74, 6) is -1.98. The van der Waals surface area contributed by atoms with Crippen LogP contribution < -0.4 is 30.1 Å². The highest BCUT2D eigenvalue weighted by molar-refractivity contribution is 7.91. The van der Waals surface area contributed by atoms with Gasteiger partial charge in [0, 0.05) is 39.4 Å². The van der Waals surface area contributed by atoms with Crippen LogP contribution >= 0.6 is 11.6 Å². The molecule has 2 heterocycles. The largest absolute Gasteiger partial charge is 0.494 e. The maximum absolute atomic E-state index is 15.0. The van der Waals surface area contributed by atoms with Crippen LogP contribution in [0.2, 0.25) is 5.02 Å². The molecule has 5 atom stereocenters. The maximum atomic E-state index is 15.0. The molecule has 4 N–H and O–H groups in total. The zero-order valence-electron chi connectivity index (χ0n) is 35.7. The van der Waals surface area contributed by atoms with Crippen LogP contribution in [-0.2, 0) is 29.9 Å². The molecule has 4 aromatic rings. The minimum Gasteiger partial charge on any atom is -0.494 e. The van der Waals surface area contributed by atoms with Crippen LogP contribution in [0, 0.1) is 11.3 Å². The van der Waals surface area contributed by atoms with Crippen molar-refractivity contribution in [1.29, 1.82) is 0 Å². The highest BCUT2D eigenvalue weighted by atomic mass is 35.5. The average Bonchev–Trinajstić information content (AvgIpc) is 4.16.